The second-order valence-electron chi connectivity index (χ2n) is 5.10. The molecule has 104 valence electrons. The van der Waals surface area contributed by atoms with Crippen molar-refractivity contribution in [2.45, 2.75) is 32.0 Å². The highest BCUT2D eigenvalue weighted by Crippen LogP contribution is 2.20. The molecule has 1 saturated carbocycles. The highest BCUT2D eigenvalue weighted by atomic mass is 79.9. The lowest BCUT2D eigenvalue weighted by Crippen LogP contribution is -2.15. The van der Waals surface area contributed by atoms with Gasteiger partial charge in [-0.2, -0.15) is 0 Å². The van der Waals surface area contributed by atoms with Gasteiger partial charge in [-0.3, -0.25) is 4.98 Å². The maximum Gasteiger partial charge on any atom is 0.120 e. The van der Waals surface area contributed by atoms with Crippen molar-refractivity contribution in [3.05, 3.63) is 58.3 Å². The van der Waals surface area contributed by atoms with E-state index in [0.29, 0.717) is 6.61 Å². The molecule has 1 aliphatic carbocycles. The molecule has 3 nitrogen and oxygen atoms in total. The number of aromatic nitrogens is 1. The van der Waals surface area contributed by atoms with Gasteiger partial charge in [-0.25, -0.2) is 0 Å². The number of nitrogens with one attached hydrogen (secondary N) is 1. The average molecular weight is 333 g/mol. The number of nitrogens with zero attached hydrogens (tertiary/aromatic N) is 1. The summed E-state index contributed by atoms with van der Waals surface area (Å²) in [6.45, 7) is 1.45. The molecule has 20 heavy (non-hydrogen) atoms. The van der Waals surface area contributed by atoms with Crippen molar-refractivity contribution >= 4 is 15.9 Å². The van der Waals surface area contributed by atoms with Gasteiger partial charge in [0, 0.05) is 35.0 Å². The summed E-state index contributed by atoms with van der Waals surface area (Å²) in [5.41, 5.74) is 2.32. The van der Waals surface area contributed by atoms with E-state index in [-0.39, 0.29) is 0 Å². The van der Waals surface area contributed by atoms with Crippen molar-refractivity contribution in [1.29, 1.82) is 0 Å². The molecule has 1 heterocycles. The minimum absolute atomic E-state index is 0.534. The molecule has 0 aliphatic heterocycles. The Balaban J connectivity index is 1.57. The van der Waals surface area contributed by atoms with Crippen LogP contribution in [0.3, 0.4) is 0 Å². The van der Waals surface area contributed by atoms with Gasteiger partial charge in [0.05, 0.1) is 0 Å². The fourth-order valence-corrected chi connectivity index (χ4v) is 2.41. The topological polar surface area (TPSA) is 34.1 Å². The van der Waals surface area contributed by atoms with E-state index in [1.807, 2.05) is 24.4 Å². The number of hydrogen-bond acceptors (Lipinski definition) is 3. The summed E-state index contributed by atoms with van der Waals surface area (Å²) >= 11 is 3.41. The third-order valence-corrected chi connectivity index (χ3v) is 3.67. The summed E-state index contributed by atoms with van der Waals surface area (Å²) in [5.74, 6) is 0.903. The van der Waals surface area contributed by atoms with Crippen LogP contribution in [0.2, 0.25) is 0 Å². The second kappa shape index (κ2) is 6.37. The van der Waals surface area contributed by atoms with E-state index in [4.69, 9.17) is 4.74 Å². The van der Waals surface area contributed by atoms with E-state index in [9.17, 15) is 0 Å². The van der Waals surface area contributed by atoms with Crippen molar-refractivity contribution in [2.75, 3.05) is 0 Å². The molecule has 0 amide bonds. The normalized spacial score (nSPS) is 14.2. The Morgan fingerprint density at radius 1 is 1.20 bits per heavy atom. The standard InChI is InChI=1S/C16H17BrN2O/c17-14-6-13(8-18-10-14)11-20-16-3-1-2-12(7-16)9-19-15-4-5-15/h1-3,6-8,10,15,19H,4-5,9,11H2. The molecule has 1 N–H and O–H groups in total. The molecule has 0 saturated heterocycles. The summed E-state index contributed by atoms with van der Waals surface area (Å²) < 4.78 is 6.79. The summed E-state index contributed by atoms with van der Waals surface area (Å²) in [6.07, 6.45) is 6.22. The molecule has 3 rings (SSSR count). The van der Waals surface area contributed by atoms with Crippen molar-refractivity contribution < 1.29 is 4.74 Å². The molecular weight excluding hydrogens is 316 g/mol. The molecule has 1 fully saturated rings. The predicted molar refractivity (Wildman–Crippen MR) is 82.6 cm³/mol. The predicted octanol–water partition coefficient (Wildman–Crippen LogP) is 3.68. The largest absolute Gasteiger partial charge is 0.489 e. The van der Waals surface area contributed by atoms with Crippen LogP contribution in [0.4, 0.5) is 0 Å². The zero-order valence-electron chi connectivity index (χ0n) is 11.2. The van der Waals surface area contributed by atoms with Gasteiger partial charge < -0.3 is 10.1 Å². The van der Waals surface area contributed by atoms with Crippen molar-refractivity contribution in [2.24, 2.45) is 0 Å². The quantitative estimate of drug-likeness (QED) is 0.876. The summed E-state index contributed by atoms with van der Waals surface area (Å²) in [4.78, 5) is 4.13. The molecule has 1 aromatic carbocycles. The molecular formula is C16H17BrN2O. The highest BCUT2D eigenvalue weighted by Gasteiger charge is 2.19. The smallest absolute Gasteiger partial charge is 0.120 e. The maximum atomic E-state index is 5.82. The third-order valence-electron chi connectivity index (χ3n) is 3.24. The lowest BCUT2D eigenvalue weighted by atomic mass is 10.2. The van der Waals surface area contributed by atoms with Crippen molar-refractivity contribution in [3.63, 3.8) is 0 Å². The van der Waals surface area contributed by atoms with Gasteiger partial charge >= 0.3 is 0 Å². The molecule has 0 unspecified atom stereocenters. The van der Waals surface area contributed by atoms with Crippen molar-refractivity contribution in [3.8, 4) is 5.75 Å². The minimum atomic E-state index is 0.534. The first-order valence-electron chi connectivity index (χ1n) is 6.84. The van der Waals surface area contributed by atoms with Crippen LogP contribution in [-0.2, 0) is 13.2 Å². The SMILES string of the molecule is Brc1cncc(COc2cccc(CNC3CC3)c2)c1. The monoisotopic (exact) mass is 332 g/mol. The lowest BCUT2D eigenvalue weighted by molar-refractivity contribution is 0.305. The Hall–Kier alpha value is -1.39. The molecule has 1 aliphatic rings. The third kappa shape index (κ3) is 4.05. The zero-order chi connectivity index (χ0) is 13.8. The number of pyridine rings is 1. The summed E-state index contributed by atoms with van der Waals surface area (Å²) in [7, 11) is 0. The van der Waals surface area contributed by atoms with Crippen LogP contribution < -0.4 is 10.1 Å². The van der Waals surface area contributed by atoms with Gasteiger partial charge in [0.2, 0.25) is 0 Å². The van der Waals surface area contributed by atoms with Crippen LogP contribution in [0.1, 0.15) is 24.0 Å². The summed E-state index contributed by atoms with van der Waals surface area (Å²) in [6, 6.07) is 11.0. The Labute approximate surface area is 127 Å². The van der Waals surface area contributed by atoms with Crippen LogP contribution in [0.5, 0.6) is 5.75 Å². The molecule has 0 atom stereocenters. The molecule has 0 bridgehead atoms. The zero-order valence-corrected chi connectivity index (χ0v) is 12.8. The molecule has 2 aromatic rings. The van der Waals surface area contributed by atoms with E-state index in [2.05, 4.69) is 38.4 Å². The van der Waals surface area contributed by atoms with E-state index in [1.165, 1.54) is 18.4 Å². The molecule has 0 radical (unpaired) electrons. The first kappa shape index (κ1) is 13.6. The van der Waals surface area contributed by atoms with E-state index in [1.54, 1.807) is 6.20 Å². The average Bonchev–Trinajstić information content (AvgIpc) is 3.28. The first-order chi connectivity index (χ1) is 9.79. The Kier molecular flexibility index (Phi) is 4.33. The maximum absolute atomic E-state index is 5.82. The Bertz CT molecular complexity index is 584. The lowest BCUT2D eigenvalue weighted by Gasteiger charge is -2.09. The number of ether oxygens (including phenoxy) is 1. The van der Waals surface area contributed by atoms with E-state index < -0.39 is 0 Å². The molecule has 4 heteroatoms. The molecule has 0 spiro atoms. The van der Waals surface area contributed by atoms with Gasteiger partial charge in [0.15, 0.2) is 0 Å². The van der Waals surface area contributed by atoms with Crippen LogP contribution in [-0.4, -0.2) is 11.0 Å². The van der Waals surface area contributed by atoms with Crippen LogP contribution in [0.25, 0.3) is 0 Å². The van der Waals surface area contributed by atoms with Gasteiger partial charge in [0.25, 0.3) is 0 Å². The Morgan fingerprint density at radius 3 is 2.90 bits per heavy atom. The second-order valence-corrected chi connectivity index (χ2v) is 6.02. The molecule has 1 aromatic heterocycles. The van der Waals surface area contributed by atoms with E-state index in [0.717, 1.165) is 28.4 Å². The number of rotatable bonds is 6. The first-order valence-corrected chi connectivity index (χ1v) is 7.63. The number of halogens is 1. The van der Waals surface area contributed by atoms with Crippen LogP contribution in [0.15, 0.2) is 47.2 Å². The van der Waals surface area contributed by atoms with Crippen molar-refractivity contribution in [1.82, 2.24) is 10.3 Å². The van der Waals surface area contributed by atoms with Gasteiger partial charge in [-0.05, 0) is 52.5 Å². The number of hydrogen-bond donors (Lipinski definition) is 1. The van der Waals surface area contributed by atoms with Crippen LogP contribution >= 0.6 is 15.9 Å². The minimum Gasteiger partial charge on any atom is -0.489 e. The fraction of sp³-hybridized carbons (Fsp3) is 0.312. The number of benzene rings is 1. The van der Waals surface area contributed by atoms with Gasteiger partial charge in [-0.1, -0.05) is 12.1 Å². The highest BCUT2D eigenvalue weighted by molar-refractivity contribution is 9.10. The Morgan fingerprint density at radius 2 is 2.10 bits per heavy atom. The van der Waals surface area contributed by atoms with E-state index >= 15 is 0 Å². The van der Waals surface area contributed by atoms with Crippen LogP contribution in [0, 0.1) is 0 Å². The fourth-order valence-electron chi connectivity index (χ4n) is 2.00. The summed E-state index contributed by atoms with van der Waals surface area (Å²) in [5, 5.41) is 3.51. The van der Waals surface area contributed by atoms with Gasteiger partial charge in [0.1, 0.15) is 12.4 Å². The van der Waals surface area contributed by atoms with Gasteiger partial charge in [-0.15, -0.1) is 0 Å².